The van der Waals surface area contributed by atoms with Crippen LogP contribution in [0.4, 0.5) is 0 Å². The zero-order valence-electron chi connectivity index (χ0n) is 8.82. The van der Waals surface area contributed by atoms with Crippen molar-refractivity contribution in [1.29, 1.82) is 0 Å². The monoisotopic (exact) mass is 189 g/mol. The lowest BCUT2D eigenvalue weighted by atomic mass is 10.2. The molecule has 74 valence electrons. The van der Waals surface area contributed by atoms with Gasteiger partial charge in [0.15, 0.2) is 0 Å². The fourth-order valence-corrected chi connectivity index (χ4v) is 1.25. The van der Waals surface area contributed by atoms with E-state index in [1.807, 2.05) is 44.2 Å². The van der Waals surface area contributed by atoms with Crippen LogP contribution in [-0.2, 0) is 0 Å². The normalized spacial score (nSPS) is 9.07. The Hall–Kier alpha value is -1.57. The number of benzene rings is 1. The van der Waals surface area contributed by atoms with Crippen LogP contribution in [-0.4, -0.2) is 12.1 Å². The first-order valence-electron chi connectivity index (χ1n) is 4.79. The molecule has 0 radical (unpaired) electrons. The minimum absolute atomic E-state index is 0.688. The number of aromatic nitrogens is 1. The highest BCUT2D eigenvalue weighted by Gasteiger charge is 1.98. The van der Waals surface area contributed by atoms with E-state index in [1.54, 1.807) is 13.3 Å². The van der Waals surface area contributed by atoms with Crippen LogP contribution < -0.4 is 4.74 Å². The summed E-state index contributed by atoms with van der Waals surface area (Å²) in [5.74, 6) is 0.688. The lowest BCUT2D eigenvalue weighted by Gasteiger charge is -2.01. The number of nitrogens with zero attached hydrogens (tertiary/aromatic N) is 1. The standard InChI is InChI=1S/C10H9NO.C2H6/c1-12-10-9-5-3-2-4-8(9)6-7-11-10;1-2/h2-7H,1H3;1-2H3. The quantitative estimate of drug-likeness (QED) is 0.686. The van der Waals surface area contributed by atoms with Gasteiger partial charge in [0, 0.05) is 11.6 Å². The topological polar surface area (TPSA) is 22.1 Å². The maximum Gasteiger partial charge on any atom is 0.221 e. The van der Waals surface area contributed by atoms with Gasteiger partial charge in [-0.15, -0.1) is 0 Å². The fraction of sp³-hybridized carbons (Fsp3) is 0.250. The molecular weight excluding hydrogens is 174 g/mol. The zero-order chi connectivity index (χ0) is 10.4. The van der Waals surface area contributed by atoms with Crippen molar-refractivity contribution in [3.8, 4) is 5.88 Å². The van der Waals surface area contributed by atoms with Crippen LogP contribution in [0.25, 0.3) is 10.8 Å². The van der Waals surface area contributed by atoms with E-state index in [9.17, 15) is 0 Å². The second-order valence-electron chi connectivity index (χ2n) is 2.54. The SMILES string of the molecule is CC.COc1nccc2ccccc12. The minimum atomic E-state index is 0.688. The Balaban J connectivity index is 0.000000461. The van der Waals surface area contributed by atoms with Crippen LogP contribution >= 0.6 is 0 Å². The lowest BCUT2D eigenvalue weighted by molar-refractivity contribution is 0.403. The van der Waals surface area contributed by atoms with Crippen molar-refractivity contribution in [1.82, 2.24) is 4.98 Å². The maximum atomic E-state index is 5.12. The molecule has 2 heteroatoms. The van der Waals surface area contributed by atoms with Crippen molar-refractivity contribution >= 4 is 10.8 Å². The van der Waals surface area contributed by atoms with E-state index in [0.29, 0.717) is 5.88 Å². The number of fused-ring (bicyclic) bond motifs is 1. The van der Waals surface area contributed by atoms with Crippen molar-refractivity contribution in [3.05, 3.63) is 36.5 Å². The van der Waals surface area contributed by atoms with Crippen LogP contribution in [0.2, 0.25) is 0 Å². The second-order valence-corrected chi connectivity index (χ2v) is 2.54. The first-order chi connectivity index (χ1) is 6.92. The molecule has 0 amide bonds. The summed E-state index contributed by atoms with van der Waals surface area (Å²) in [4.78, 5) is 4.10. The zero-order valence-corrected chi connectivity index (χ0v) is 8.82. The number of ether oxygens (including phenoxy) is 1. The Labute approximate surface area is 84.5 Å². The van der Waals surface area contributed by atoms with Crippen molar-refractivity contribution in [2.75, 3.05) is 7.11 Å². The van der Waals surface area contributed by atoms with E-state index in [2.05, 4.69) is 4.98 Å². The highest BCUT2D eigenvalue weighted by atomic mass is 16.5. The van der Waals surface area contributed by atoms with E-state index in [4.69, 9.17) is 4.74 Å². The predicted octanol–water partition coefficient (Wildman–Crippen LogP) is 3.27. The molecule has 0 atom stereocenters. The molecule has 0 saturated heterocycles. The second kappa shape index (κ2) is 5.22. The molecular formula is C12H15NO. The number of hydrogen-bond donors (Lipinski definition) is 0. The summed E-state index contributed by atoms with van der Waals surface area (Å²) < 4.78 is 5.12. The van der Waals surface area contributed by atoms with Gasteiger partial charge in [-0.2, -0.15) is 0 Å². The third-order valence-electron chi connectivity index (χ3n) is 1.83. The Morgan fingerprint density at radius 2 is 1.79 bits per heavy atom. The first kappa shape index (κ1) is 10.5. The molecule has 0 fully saturated rings. The molecule has 0 N–H and O–H groups in total. The van der Waals surface area contributed by atoms with Crippen LogP contribution in [0.3, 0.4) is 0 Å². The minimum Gasteiger partial charge on any atom is -0.481 e. The summed E-state index contributed by atoms with van der Waals surface area (Å²) in [5.41, 5.74) is 0. The van der Waals surface area contributed by atoms with E-state index in [0.717, 1.165) is 10.8 Å². The smallest absolute Gasteiger partial charge is 0.221 e. The summed E-state index contributed by atoms with van der Waals surface area (Å²) in [6.45, 7) is 4.00. The number of pyridine rings is 1. The van der Waals surface area contributed by atoms with Gasteiger partial charge in [0.05, 0.1) is 7.11 Å². The van der Waals surface area contributed by atoms with E-state index in [-0.39, 0.29) is 0 Å². The Kier molecular flexibility index (Phi) is 3.92. The third-order valence-corrected chi connectivity index (χ3v) is 1.83. The van der Waals surface area contributed by atoms with E-state index < -0.39 is 0 Å². The van der Waals surface area contributed by atoms with E-state index >= 15 is 0 Å². The molecule has 2 nitrogen and oxygen atoms in total. The van der Waals surface area contributed by atoms with Crippen molar-refractivity contribution in [2.45, 2.75) is 13.8 Å². The average molecular weight is 189 g/mol. The van der Waals surface area contributed by atoms with Crippen LogP contribution in [0.1, 0.15) is 13.8 Å². The number of rotatable bonds is 1. The van der Waals surface area contributed by atoms with Gasteiger partial charge < -0.3 is 4.74 Å². The molecule has 1 heterocycles. The summed E-state index contributed by atoms with van der Waals surface area (Å²) in [6, 6.07) is 9.99. The Morgan fingerprint density at radius 3 is 2.50 bits per heavy atom. The van der Waals surface area contributed by atoms with Crippen LogP contribution in [0, 0.1) is 0 Å². The number of hydrogen-bond acceptors (Lipinski definition) is 2. The highest BCUT2D eigenvalue weighted by molar-refractivity contribution is 5.86. The molecule has 14 heavy (non-hydrogen) atoms. The largest absolute Gasteiger partial charge is 0.481 e. The maximum absolute atomic E-state index is 5.12. The van der Waals surface area contributed by atoms with Crippen LogP contribution in [0.5, 0.6) is 5.88 Å². The highest BCUT2D eigenvalue weighted by Crippen LogP contribution is 2.21. The predicted molar refractivity (Wildman–Crippen MR) is 59.6 cm³/mol. The Morgan fingerprint density at radius 1 is 1.07 bits per heavy atom. The molecule has 2 aromatic rings. The molecule has 2 rings (SSSR count). The molecule has 0 aliphatic carbocycles. The third kappa shape index (κ3) is 2.02. The van der Waals surface area contributed by atoms with Gasteiger partial charge in [0.25, 0.3) is 0 Å². The average Bonchev–Trinajstić information content (AvgIpc) is 2.31. The first-order valence-corrected chi connectivity index (χ1v) is 4.79. The van der Waals surface area contributed by atoms with Gasteiger partial charge in [0.1, 0.15) is 0 Å². The van der Waals surface area contributed by atoms with Crippen molar-refractivity contribution in [3.63, 3.8) is 0 Å². The molecule has 1 aromatic carbocycles. The molecule has 0 bridgehead atoms. The molecule has 1 aromatic heterocycles. The van der Waals surface area contributed by atoms with Gasteiger partial charge in [0.2, 0.25) is 5.88 Å². The van der Waals surface area contributed by atoms with Crippen molar-refractivity contribution < 1.29 is 4.74 Å². The van der Waals surface area contributed by atoms with Crippen molar-refractivity contribution in [2.24, 2.45) is 0 Å². The summed E-state index contributed by atoms with van der Waals surface area (Å²) in [7, 11) is 1.63. The number of methoxy groups -OCH3 is 1. The van der Waals surface area contributed by atoms with Gasteiger partial charge in [-0.05, 0) is 17.5 Å². The summed E-state index contributed by atoms with van der Waals surface area (Å²) in [6.07, 6.45) is 1.75. The Bertz CT molecular complexity index is 393. The van der Waals surface area contributed by atoms with Gasteiger partial charge in [-0.1, -0.05) is 32.0 Å². The molecule has 0 spiro atoms. The lowest BCUT2D eigenvalue weighted by Crippen LogP contribution is -1.87. The molecule has 0 unspecified atom stereocenters. The van der Waals surface area contributed by atoms with Gasteiger partial charge in [-0.3, -0.25) is 0 Å². The molecule has 0 aliphatic heterocycles. The molecule has 0 saturated carbocycles. The van der Waals surface area contributed by atoms with Gasteiger partial charge >= 0.3 is 0 Å². The van der Waals surface area contributed by atoms with Gasteiger partial charge in [-0.25, -0.2) is 4.98 Å². The molecule has 0 aliphatic rings. The van der Waals surface area contributed by atoms with E-state index in [1.165, 1.54) is 0 Å². The summed E-state index contributed by atoms with van der Waals surface area (Å²) in [5, 5.41) is 2.21. The summed E-state index contributed by atoms with van der Waals surface area (Å²) >= 11 is 0. The van der Waals surface area contributed by atoms with Crippen LogP contribution in [0.15, 0.2) is 36.5 Å². The fourth-order valence-electron chi connectivity index (χ4n) is 1.25.